The second kappa shape index (κ2) is 5.85. The van der Waals surface area contributed by atoms with Gasteiger partial charge in [0.25, 0.3) is 0 Å². The number of hydrogen-bond acceptors (Lipinski definition) is 4. The van der Waals surface area contributed by atoms with Crippen molar-refractivity contribution < 1.29 is 4.74 Å². The van der Waals surface area contributed by atoms with E-state index in [1.165, 1.54) is 32.1 Å². The molecule has 1 aliphatic carbocycles. The topological polar surface area (TPSA) is 46.1 Å². The van der Waals surface area contributed by atoms with Crippen LogP contribution in [0.1, 0.15) is 52.0 Å². The number of aromatic amines is 1. The Bertz CT molecular complexity index is 496. The predicted molar refractivity (Wildman–Crippen MR) is 81.8 cm³/mol. The Hall–Kier alpha value is -0.880. The molecular formula is C14H24N4OS. The van der Waals surface area contributed by atoms with Gasteiger partial charge in [-0.05, 0) is 38.9 Å². The number of nitrogens with zero attached hydrogens (tertiary/aromatic N) is 3. The number of nitrogens with one attached hydrogen (secondary N) is 1. The van der Waals surface area contributed by atoms with Gasteiger partial charge in [0.15, 0.2) is 4.77 Å². The molecule has 1 aromatic heterocycles. The monoisotopic (exact) mass is 296 g/mol. The Kier molecular flexibility index (Phi) is 4.12. The average Bonchev–Trinajstić information content (AvgIpc) is 2.80. The van der Waals surface area contributed by atoms with E-state index >= 15 is 0 Å². The molecule has 1 saturated heterocycles. The van der Waals surface area contributed by atoms with Gasteiger partial charge in [-0.2, -0.15) is 0 Å². The number of hydrogen-bond donors (Lipinski definition) is 1. The summed E-state index contributed by atoms with van der Waals surface area (Å²) in [5, 5.41) is 7.49. The zero-order valence-electron chi connectivity index (χ0n) is 12.3. The van der Waals surface area contributed by atoms with E-state index in [9.17, 15) is 0 Å². The van der Waals surface area contributed by atoms with Crippen LogP contribution >= 0.6 is 12.2 Å². The number of anilines is 1. The van der Waals surface area contributed by atoms with Gasteiger partial charge < -0.3 is 9.64 Å². The van der Waals surface area contributed by atoms with Gasteiger partial charge in [0.1, 0.15) is 0 Å². The molecule has 0 bridgehead atoms. The third-order valence-electron chi connectivity index (χ3n) is 4.33. The van der Waals surface area contributed by atoms with Gasteiger partial charge in [0, 0.05) is 19.1 Å². The summed E-state index contributed by atoms with van der Waals surface area (Å²) >= 11 is 5.47. The van der Waals surface area contributed by atoms with Gasteiger partial charge in [-0.1, -0.05) is 19.3 Å². The molecule has 2 heterocycles. The molecule has 0 spiro atoms. The Morgan fingerprint density at radius 1 is 1.15 bits per heavy atom. The molecule has 2 atom stereocenters. The van der Waals surface area contributed by atoms with Crippen LogP contribution in [-0.2, 0) is 4.74 Å². The smallest absolute Gasteiger partial charge is 0.226 e. The van der Waals surface area contributed by atoms with Crippen molar-refractivity contribution in [2.75, 3.05) is 18.0 Å². The quantitative estimate of drug-likeness (QED) is 0.852. The normalized spacial score (nSPS) is 28.8. The zero-order chi connectivity index (χ0) is 14.1. The highest BCUT2D eigenvalue weighted by molar-refractivity contribution is 7.71. The minimum atomic E-state index is 0.240. The molecule has 5 nitrogen and oxygen atoms in total. The van der Waals surface area contributed by atoms with Gasteiger partial charge >= 0.3 is 0 Å². The lowest BCUT2D eigenvalue weighted by molar-refractivity contribution is -0.00603. The first-order valence-corrected chi connectivity index (χ1v) is 8.13. The average molecular weight is 296 g/mol. The van der Waals surface area contributed by atoms with Crippen LogP contribution in [-0.4, -0.2) is 40.1 Å². The minimum Gasteiger partial charge on any atom is -0.372 e. The van der Waals surface area contributed by atoms with Crippen LogP contribution in [0.3, 0.4) is 0 Å². The van der Waals surface area contributed by atoms with Crippen LogP contribution < -0.4 is 4.90 Å². The van der Waals surface area contributed by atoms with Crippen LogP contribution in [0.15, 0.2) is 0 Å². The highest BCUT2D eigenvalue weighted by Gasteiger charge is 2.28. The SMILES string of the molecule is CC1CN(c2n[nH]c(=S)n2C2CCCCC2)CC(C)O1. The van der Waals surface area contributed by atoms with E-state index in [1.54, 1.807) is 0 Å². The first-order valence-electron chi connectivity index (χ1n) is 7.72. The van der Waals surface area contributed by atoms with Crippen molar-refractivity contribution in [3.63, 3.8) is 0 Å². The number of H-pyrrole nitrogens is 1. The van der Waals surface area contributed by atoms with Crippen LogP contribution in [0.5, 0.6) is 0 Å². The standard InChI is InChI=1S/C14H24N4OS/c1-10-8-17(9-11(2)19-10)13-15-16-14(20)18(13)12-6-4-3-5-7-12/h10-12H,3-9H2,1-2H3,(H,16,20). The van der Waals surface area contributed by atoms with E-state index < -0.39 is 0 Å². The summed E-state index contributed by atoms with van der Waals surface area (Å²) in [6.07, 6.45) is 6.86. The van der Waals surface area contributed by atoms with Crippen molar-refractivity contribution in [3.8, 4) is 0 Å². The molecule has 20 heavy (non-hydrogen) atoms. The molecule has 112 valence electrons. The Labute approximate surface area is 125 Å². The van der Waals surface area contributed by atoms with Gasteiger partial charge in [0.2, 0.25) is 5.95 Å². The van der Waals surface area contributed by atoms with Crippen LogP contribution in [0.25, 0.3) is 0 Å². The van der Waals surface area contributed by atoms with Crippen LogP contribution in [0.2, 0.25) is 0 Å². The van der Waals surface area contributed by atoms with Crippen LogP contribution in [0, 0.1) is 4.77 Å². The maximum absolute atomic E-state index is 5.82. The van der Waals surface area contributed by atoms with E-state index in [1.807, 2.05) is 0 Å². The molecule has 3 rings (SSSR count). The molecule has 1 aromatic rings. The molecule has 2 fully saturated rings. The van der Waals surface area contributed by atoms with E-state index in [4.69, 9.17) is 17.0 Å². The largest absolute Gasteiger partial charge is 0.372 e. The molecule has 1 saturated carbocycles. The van der Waals surface area contributed by atoms with E-state index in [2.05, 4.69) is 33.5 Å². The number of morpholine rings is 1. The molecule has 1 N–H and O–H groups in total. The van der Waals surface area contributed by atoms with Crippen molar-refractivity contribution in [3.05, 3.63) is 4.77 Å². The first kappa shape index (κ1) is 14.1. The van der Waals surface area contributed by atoms with Crippen molar-refractivity contribution in [2.45, 2.75) is 64.2 Å². The summed E-state index contributed by atoms with van der Waals surface area (Å²) in [4.78, 5) is 2.32. The lowest BCUT2D eigenvalue weighted by Crippen LogP contribution is -2.46. The highest BCUT2D eigenvalue weighted by Crippen LogP contribution is 2.32. The third-order valence-corrected chi connectivity index (χ3v) is 4.62. The molecule has 6 heteroatoms. The second-order valence-electron chi connectivity index (χ2n) is 6.15. The van der Waals surface area contributed by atoms with Crippen LogP contribution in [0.4, 0.5) is 5.95 Å². The highest BCUT2D eigenvalue weighted by atomic mass is 32.1. The fourth-order valence-electron chi connectivity index (χ4n) is 3.53. The maximum atomic E-state index is 5.82. The molecule has 1 aliphatic heterocycles. The summed E-state index contributed by atoms with van der Waals surface area (Å²) < 4.78 is 8.83. The van der Waals surface area contributed by atoms with E-state index in [-0.39, 0.29) is 12.2 Å². The Morgan fingerprint density at radius 2 is 1.80 bits per heavy atom. The Balaban J connectivity index is 1.87. The van der Waals surface area contributed by atoms with Gasteiger partial charge in [-0.25, -0.2) is 5.10 Å². The molecule has 0 radical (unpaired) electrons. The lowest BCUT2D eigenvalue weighted by atomic mass is 9.95. The third kappa shape index (κ3) is 2.76. The molecule has 0 aromatic carbocycles. The lowest BCUT2D eigenvalue weighted by Gasteiger charge is -2.37. The fourth-order valence-corrected chi connectivity index (χ4v) is 3.81. The fraction of sp³-hybridized carbons (Fsp3) is 0.857. The molecule has 2 unspecified atom stereocenters. The van der Waals surface area contributed by atoms with Gasteiger partial charge in [-0.15, -0.1) is 5.10 Å². The minimum absolute atomic E-state index is 0.240. The van der Waals surface area contributed by atoms with Crippen molar-refractivity contribution in [2.24, 2.45) is 0 Å². The summed E-state index contributed by atoms with van der Waals surface area (Å²) in [5.41, 5.74) is 0. The summed E-state index contributed by atoms with van der Waals surface area (Å²) in [6.45, 7) is 6.01. The summed E-state index contributed by atoms with van der Waals surface area (Å²) in [5.74, 6) is 1.00. The van der Waals surface area contributed by atoms with Crippen molar-refractivity contribution in [1.29, 1.82) is 0 Å². The van der Waals surface area contributed by atoms with Crippen molar-refractivity contribution in [1.82, 2.24) is 14.8 Å². The summed E-state index contributed by atoms with van der Waals surface area (Å²) in [6, 6.07) is 0.512. The van der Waals surface area contributed by atoms with E-state index in [0.29, 0.717) is 6.04 Å². The zero-order valence-corrected chi connectivity index (χ0v) is 13.2. The Morgan fingerprint density at radius 3 is 2.45 bits per heavy atom. The maximum Gasteiger partial charge on any atom is 0.226 e. The first-order chi connectivity index (χ1) is 9.65. The summed E-state index contributed by atoms with van der Waals surface area (Å²) in [7, 11) is 0. The van der Waals surface area contributed by atoms with Crippen molar-refractivity contribution >= 4 is 18.2 Å². The van der Waals surface area contributed by atoms with Gasteiger partial charge in [0.05, 0.1) is 12.2 Å². The molecule has 0 amide bonds. The number of aromatic nitrogens is 3. The number of ether oxygens (including phenoxy) is 1. The number of rotatable bonds is 2. The van der Waals surface area contributed by atoms with Gasteiger partial charge in [-0.3, -0.25) is 4.57 Å². The molecule has 2 aliphatic rings. The molecular weight excluding hydrogens is 272 g/mol. The second-order valence-corrected chi connectivity index (χ2v) is 6.54. The van der Waals surface area contributed by atoms with E-state index in [0.717, 1.165) is 23.8 Å². The predicted octanol–water partition coefficient (Wildman–Crippen LogP) is 3.06.